The molecule has 0 heterocycles. The van der Waals surface area contributed by atoms with Gasteiger partial charge >= 0.3 is 5.97 Å². The predicted octanol–water partition coefficient (Wildman–Crippen LogP) is -2.87. The van der Waals surface area contributed by atoms with E-state index in [0.717, 1.165) is 0 Å². The summed E-state index contributed by atoms with van der Waals surface area (Å²) in [6.07, 6.45) is -3.95. The summed E-state index contributed by atoms with van der Waals surface area (Å²) in [6, 6.07) is 0. The van der Waals surface area contributed by atoms with Gasteiger partial charge in [0.2, 0.25) is 0 Å². The molecule has 0 rings (SSSR count). The number of aliphatic hydroxyl groups excluding tert-OH is 4. The van der Waals surface area contributed by atoms with E-state index in [4.69, 9.17) is 10.2 Å². The van der Waals surface area contributed by atoms with Crippen molar-refractivity contribution in [2.24, 2.45) is 0 Å². The molecular formula is C8H17NO6. The lowest BCUT2D eigenvalue weighted by Gasteiger charge is -2.22. The van der Waals surface area contributed by atoms with Gasteiger partial charge in [-0.2, -0.15) is 0 Å². The summed E-state index contributed by atoms with van der Waals surface area (Å²) in [4.78, 5) is 10.1. The fourth-order valence-electron chi connectivity index (χ4n) is 1.01. The summed E-state index contributed by atoms with van der Waals surface area (Å²) in [5, 5.41) is 46.9. The van der Waals surface area contributed by atoms with Crippen LogP contribution < -0.4 is 5.32 Å². The average molecular weight is 223 g/mol. The van der Waals surface area contributed by atoms with Crippen molar-refractivity contribution in [2.45, 2.75) is 24.7 Å². The molecule has 0 aromatic carbocycles. The number of hydrogen-bond acceptors (Lipinski definition) is 6. The Labute approximate surface area is 87.0 Å². The second-order valence-corrected chi connectivity index (χ2v) is 3.16. The highest BCUT2D eigenvalue weighted by molar-refractivity contribution is 5.68. The van der Waals surface area contributed by atoms with E-state index in [1.807, 2.05) is 0 Å². The number of aliphatic carboxylic acids is 1. The molecule has 0 bridgehead atoms. The zero-order valence-corrected chi connectivity index (χ0v) is 8.20. The van der Waals surface area contributed by atoms with Crippen molar-refractivity contribution in [1.29, 1.82) is 0 Å². The molecule has 0 saturated carbocycles. The number of rotatable bonds is 8. The Morgan fingerprint density at radius 2 is 1.80 bits per heavy atom. The van der Waals surface area contributed by atoms with Crippen molar-refractivity contribution in [1.82, 2.24) is 5.32 Å². The molecule has 0 fully saturated rings. The highest BCUT2D eigenvalue weighted by Crippen LogP contribution is 2.03. The minimum Gasteiger partial charge on any atom is -0.480 e. The Morgan fingerprint density at radius 1 is 1.20 bits per heavy atom. The van der Waals surface area contributed by atoms with Crippen molar-refractivity contribution in [3.8, 4) is 0 Å². The SMILES string of the molecule is O=C(O)CNCC(O)C(O)C(O)CCO. The van der Waals surface area contributed by atoms with E-state index >= 15 is 0 Å². The van der Waals surface area contributed by atoms with Crippen LogP contribution in [0.25, 0.3) is 0 Å². The minimum atomic E-state index is -1.40. The number of aliphatic hydroxyl groups is 4. The number of carbonyl (C=O) groups is 1. The highest BCUT2D eigenvalue weighted by atomic mass is 16.4. The molecule has 0 spiro atoms. The van der Waals surface area contributed by atoms with Crippen molar-refractivity contribution in [3.63, 3.8) is 0 Å². The van der Waals surface area contributed by atoms with Gasteiger partial charge in [0.15, 0.2) is 0 Å². The second kappa shape index (κ2) is 7.55. The molecule has 3 unspecified atom stereocenters. The van der Waals surface area contributed by atoms with Crippen LogP contribution in [-0.4, -0.2) is 69.5 Å². The third kappa shape index (κ3) is 6.37. The van der Waals surface area contributed by atoms with E-state index in [2.05, 4.69) is 5.32 Å². The maximum absolute atomic E-state index is 10.1. The van der Waals surface area contributed by atoms with Gasteiger partial charge in [-0.25, -0.2) is 0 Å². The zero-order valence-electron chi connectivity index (χ0n) is 8.20. The predicted molar refractivity (Wildman–Crippen MR) is 50.2 cm³/mol. The van der Waals surface area contributed by atoms with Crippen LogP contribution in [0.5, 0.6) is 0 Å². The molecule has 0 aromatic rings. The van der Waals surface area contributed by atoms with Crippen molar-refractivity contribution < 1.29 is 30.3 Å². The summed E-state index contributed by atoms with van der Waals surface area (Å²) < 4.78 is 0. The molecule has 0 aromatic heterocycles. The minimum absolute atomic E-state index is 0.0445. The number of nitrogens with one attached hydrogen (secondary N) is 1. The van der Waals surface area contributed by atoms with Gasteiger partial charge < -0.3 is 30.8 Å². The molecule has 7 nitrogen and oxygen atoms in total. The Kier molecular flexibility index (Phi) is 7.18. The molecule has 0 aliphatic heterocycles. The lowest BCUT2D eigenvalue weighted by Crippen LogP contribution is -2.44. The normalized spacial score (nSPS) is 17.1. The maximum Gasteiger partial charge on any atom is 0.317 e. The Hall–Kier alpha value is -0.730. The first-order valence-corrected chi connectivity index (χ1v) is 4.56. The highest BCUT2D eigenvalue weighted by Gasteiger charge is 2.23. The van der Waals surface area contributed by atoms with Crippen LogP contribution in [0.1, 0.15) is 6.42 Å². The lowest BCUT2D eigenvalue weighted by molar-refractivity contribution is -0.136. The molecule has 3 atom stereocenters. The van der Waals surface area contributed by atoms with Crippen LogP contribution >= 0.6 is 0 Å². The monoisotopic (exact) mass is 223 g/mol. The van der Waals surface area contributed by atoms with Gasteiger partial charge in [0.1, 0.15) is 6.10 Å². The topological polar surface area (TPSA) is 130 Å². The summed E-state index contributed by atoms with van der Waals surface area (Å²) in [7, 11) is 0. The lowest BCUT2D eigenvalue weighted by atomic mass is 10.1. The molecule has 6 N–H and O–H groups in total. The van der Waals surface area contributed by atoms with Crippen LogP contribution in [0.2, 0.25) is 0 Å². The van der Waals surface area contributed by atoms with Gasteiger partial charge in [-0.1, -0.05) is 0 Å². The van der Waals surface area contributed by atoms with Gasteiger partial charge in [-0.05, 0) is 6.42 Å². The van der Waals surface area contributed by atoms with E-state index in [1.54, 1.807) is 0 Å². The van der Waals surface area contributed by atoms with Gasteiger partial charge in [0.25, 0.3) is 0 Å². The quantitative estimate of drug-likeness (QED) is 0.261. The van der Waals surface area contributed by atoms with Crippen molar-refractivity contribution in [2.75, 3.05) is 19.7 Å². The van der Waals surface area contributed by atoms with E-state index < -0.39 is 24.3 Å². The van der Waals surface area contributed by atoms with Crippen molar-refractivity contribution in [3.05, 3.63) is 0 Å². The molecule has 15 heavy (non-hydrogen) atoms. The number of hydrogen-bond donors (Lipinski definition) is 6. The molecular weight excluding hydrogens is 206 g/mol. The molecule has 0 aliphatic rings. The summed E-state index contributed by atoms with van der Waals surface area (Å²) >= 11 is 0. The van der Waals surface area contributed by atoms with Crippen LogP contribution in [0.4, 0.5) is 0 Å². The second-order valence-electron chi connectivity index (χ2n) is 3.16. The molecule has 0 saturated heterocycles. The van der Waals surface area contributed by atoms with Crippen LogP contribution in [-0.2, 0) is 4.79 Å². The first kappa shape index (κ1) is 14.3. The summed E-state index contributed by atoms with van der Waals surface area (Å²) in [5.41, 5.74) is 0. The molecule has 0 radical (unpaired) electrons. The first-order valence-electron chi connectivity index (χ1n) is 4.56. The zero-order chi connectivity index (χ0) is 11.8. The first-order chi connectivity index (χ1) is 6.99. The van der Waals surface area contributed by atoms with Gasteiger partial charge in [0, 0.05) is 13.2 Å². The van der Waals surface area contributed by atoms with Crippen LogP contribution in [0.3, 0.4) is 0 Å². The number of carboxylic acid groups (broad SMARTS) is 1. The Morgan fingerprint density at radius 3 is 2.27 bits per heavy atom. The summed E-state index contributed by atoms with van der Waals surface area (Å²) in [5.74, 6) is -1.08. The van der Waals surface area contributed by atoms with Crippen LogP contribution in [0.15, 0.2) is 0 Å². The smallest absolute Gasteiger partial charge is 0.317 e. The number of carboxylic acids is 1. The largest absolute Gasteiger partial charge is 0.480 e. The van der Waals surface area contributed by atoms with E-state index in [-0.39, 0.29) is 26.1 Å². The third-order valence-corrected chi connectivity index (χ3v) is 1.84. The fourth-order valence-corrected chi connectivity index (χ4v) is 1.01. The maximum atomic E-state index is 10.1. The fraction of sp³-hybridized carbons (Fsp3) is 0.875. The Bertz CT molecular complexity index is 188. The van der Waals surface area contributed by atoms with E-state index in [9.17, 15) is 20.1 Å². The van der Waals surface area contributed by atoms with Gasteiger partial charge in [-0.15, -0.1) is 0 Å². The standard InChI is InChI=1S/C8H17NO6/c10-2-1-5(11)8(15)6(12)3-9-4-7(13)14/h5-6,8-12,15H,1-4H2,(H,13,14). The van der Waals surface area contributed by atoms with Crippen molar-refractivity contribution >= 4 is 5.97 Å². The van der Waals surface area contributed by atoms with Gasteiger partial charge in [-0.3, -0.25) is 4.79 Å². The molecule has 90 valence electrons. The third-order valence-electron chi connectivity index (χ3n) is 1.84. The average Bonchev–Trinajstić information content (AvgIpc) is 2.16. The molecule has 7 heteroatoms. The molecule has 0 amide bonds. The van der Waals surface area contributed by atoms with E-state index in [0.29, 0.717) is 0 Å². The Balaban J connectivity index is 3.77. The summed E-state index contributed by atoms with van der Waals surface area (Å²) in [6.45, 7) is -0.774. The van der Waals surface area contributed by atoms with E-state index in [1.165, 1.54) is 0 Å². The van der Waals surface area contributed by atoms with Crippen LogP contribution in [0, 0.1) is 0 Å². The molecule has 0 aliphatic carbocycles. The van der Waals surface area contributed by atoms with Gasteiger partial charge in [0.05, 0.1) is 18.8 Å².